The molecule has 0 saturated carbocycles. The number of piperidine rings is 1. The van der Waals surface area contributed by atoms with Crippen molar-refractivity contribution >= 4 is 0 Å². The van der Waals surface area contributed by atoms with E-state index in [9.17, 15) is 0 Å². The molecular weight excluding hydrogens is 208 g/mol. The second kappa shape index (κ2) is 9.90. The van der Waals surface area contributed by atoms with Gasteiger partial charge in [0.2, 0.25) is 0 Å². The van der Waals surface area contributed by atoms with Gasteiger partial charge in [-0.15, -0.1) is 0 Å². The van der Waals surface area contributed by atoms with Crippen molar-refractivity contribution in [1.82, 2.24) is 10.2 Å². The first kappa shape index (κ1) is 15.0. The largest absolute Gasteiger partial charge is 0.315 e. The van der Waals surface area contributed by atoms with Crippen molar-refractivity contribution < 1.29 is 0 Å². The van der Waals surface area contributed by atoms with Gasteiger partial charge >= 0.3 is 0 Å². The van der Waals surface area contributed by atoms with Crippen molar-refractivity contribution in [2.24, 2.45) is 0 Å². The van der Waals surface area contributed by atoms with Crippen LogP contribution < -0.4 is 5.32 Å². The van der Waals surface area contributed by atoms with E-state index in [-0.39, 0.29) is 0 Å². The summed E-state index contributed by atoms with van der Waals surface area (Å²) in [7, 11) is 0. The number of nitrogens with zero attached hydrogens (tertiary/aromatic N) is 1. The monoisotopic (exact) mass is 240 g/mol. The summed E-state index contributed by atoms with van der Waals surface area (Å²) in [6.45, 7) is 9.59. The predicted molar refractivity (Wildman–Crippen MR) is 76.5 cm³/mol. The minimum Gasteiger partial charge on any atom is -0.315 e. The van der Waals surface area contributed by atoms with E-state index in [1.165, 1.54) is 77.5 Å². The molecule has 0 amide bonds. The Hall–Kier alpha value is -0.0800. The van der Waals surface area contributed by atoms with Crippen molar-refractivity contribution in [3.63, 3.8) is 0 Å². The van der Waals surface area contributed by atoms with Crippen LogP contribution in [0.5, 0.6) is 0 Å². The third-order valence-electron chi connectivity index (χ3n) is 4.00. The van der Waals surface area contributed by atoms with Gasteiger partial charge < -0.3 is 5.32 Å². The highest BCUT2D eigenvalue weighted by atomic mass is 15.2. The Balaban J connectivity index is 1.97. The van der Waals surface area contributed by atoms with E-state index in [2.05, 4.69) is 24.1 Å². The number of hydrogen-bond donors (Lipinski definition) is 1. The van der Waals surface area contributed by atoms with Crippen LogP contribution in [0.25, 0.3) is 0 Å². The lowest BCUT2D eigenvalue weighted by atomic mass is 10.0. The third kappa shape index (κ3) is 6.42. The maximum Gasteiger partial charge on any atom is 0.0110 e. The van der Waals surface area contributed by atoms with Gasteiger partial charge in [0.25, 0.3) is 0 Å². The van der Waals surface area contributed by atoms with Gasteiger partial charge in [0, 0.05) is 19.1 Å². The Morgan fingerprint density at radius 2 is 1.94 bits per heavy atom. The molecule has 2 heteroatoms. The fourth-order valence-electron chi connectivity index (χ4n) is 2.84. The number of unbranched alkanes of at least 4 members (excludes halogenated alkanes) is 3. The lowest BCUT2D eigenvalue weighted by molar-refractivity contribution is 0.145. The zero-order valence-electron chi connectivity index (χ0n) is 12.0. The first-order valence-corrected chi connectivity index (χ1v) is 7.83. The van der Waals surface area contributed by atoms with Gasteiger partial charge in [0.05, 0.1) is 0 Å². The molecule has 1 rings (SSSR count). The summed E-state index contributed by atoms with van der Waals surface area (Å²) >= 11 is 0. The maximum absolute atomic E-state index is 3.59. The zero-order chi connectivity index (χ0) is 12.3. The van der Waals surface area contributed by atoms with Crippen LogP contribution >= 0.6 is 0 Å². The Kier molecular flexibility index (Phi) is 8.72. The van der Waals surface area contributed by atoms with E-state index in [4.69, 9.17) is 0 Å². The van der Waals surface area contributed by atoms with Crippen molar-refractivity contribution in [3.05, 3.63) is 0 Å². The van der Waals surface area contributed by atoms with Crippen LogP contribution in [-0.4, -0.2) is 37.1 Å². The smallest absolute Gasteiger partial charge is 0.0110 e. The number of likely N-dealkylation sites (tertiary alicyclic amines) is 1. The molecule has 2 nitrogen and oxygen atoms in total. The van der Waals surface area contributed by atoms with Crippen molar-refractivity contribution in [2.45, 2.75) is 71.3 Å². The van der Waals surface area contributed by atoms with Crippen LogP contribution in [0.4, 0.5) is 0 Å². The maximum atomic E-state index is 3.59. The molecule has 0 aromatic rings. The lowest BCUT2D eigenvalue weighted by Crippen LogP contribution is -2.42. The molecule has 0 radical (unpaired) electrons. The molecule has 102 valence electrons. The number of nitrogens with one attached hydrogen (secondary N) is 1. The van der Waals surface area contributed by atoms with E-state index in [1.54, 1.807) is 0 Å². The van der Waals surface area contributed by atoms with Gasteiger partial charge in [-0.3, -0.25) is 4.90 Å². The van der Waals surface area contributed by atoms with Crippen molar-refractivity contribution in [2.75, 3.05) is 26.2 Å². The molecular formula is C15H32N2. The second-order valence-electron chi connectivity index (χ2n) is 5.40. The zero-order valence-corrected chi connectivity index (χ0v) is 12.0. The lowest BCUT2D eigenvalue weighted by Gasteiger charge is -2.35. The van der Waals surface area contributed by atoms with E-state index < -0.39 is 0 Å². The summed E-state index contributed by atoms with van der Waals surface area (Å²) in [5, 5.41) is 3.59. The Labute approximate surface area is 108 Å². The van der Waals surface area contributed by atoms with Gasteiger partial charge in [-0.2, -0.15) is 0 Å². The van der Waals surface area contributed by atoms with E-state index in [1.807, 2.05) is 0 Å². The Bertz CT molecular complexity index is 170. The number of rotatable bonds is 9. The van der Waals surface area contributed by atoms with Crippen LogP contribution in [-0.2, 0) is 0 Å². The topological polar surface area (TPSA) is 15.3 Å². The van der Waals surface area contributed by atoms with Crippen LogP contribution in [0.3, 0.4) is 0 Å². The molecule has 0 aromatic carbocycles. The molecule has 1 atom stereocenters. The minimum atomic E-state index is 0.866. The molecule has 0 bridgehead atoms. The average Bonchev–Trinajstić information content (AvgIpc) is 2.38. The summed E-state index contributed by atoms with van der Waals surface area (Å²) < 4.78 is 0. The third-order valence-corrected chi connectivity index (χ3v) is 4.00. The van der Waals surface area contributed by atoms with Gasteiger partial charge in [-0.05, 0) is 38.8 Å². The molecule has 1 saturated heterocycles. The minimum absolute atomic E-state index is 0.866. The van der Waals surface area contributed by atoms with Crippen LogP contribution in [0.2, 0.25) is 0 Å². The average molecular weight is 240 g/mol. The molecule has 1 fully saturated rings. The summed E-state index contributed by atoms with van der Waals surface area (Å²) in [5.74, 6) is 0. The molecule has 0 spiro atoms. The highest BCUT2D eigenvalue weighted by Gasteiger charge is 2.19. The molecule has 1 heterocycles. The molecule has 0 aromatic heterocycles. The second-order valence-corrected chi connectivity index (χ2v) is 5.40. The summed E-state index contributed by atoms with van der Waals surface area (Å²) in [6.07, 6.45) is 11.1. The van der Waals surface area contributed by atoms with Crippen molar-refractivity contribution in [3.8, 4) is 0 Å². The highest BCUT2D eigenvalue weighted by molar-refractivity contribution is 4.76. The molecule has 17 heavy (non-hydrogen) atoms. The quantitative estimate of drug-likeness (QED) is 0.621. The fourth-order valence-corrected chi connectivity index (χ4v) is 2.84. The predicted octanol–water partition coefficient (Wildman–Crippen LogP) is 3.42. The first-order chi connectivity index (χ1) is 8.38. The summed E-state index contributed by atoms with van der Waals surface area (Å²) in [6, 6.07) is 0.866. The van der Waals surface area contributed by atoms with Gasteiger partial charge in [0.1, 0.15) is 0 Å². The number of hydrogen-bond acceptors (Lipinski definition) is 2. The van der Waals surface area contributed by atoms with Gasteiger partial charge in [0.15, 0.2) is 0 Å². The van der Waals surface area contributed by atoms with E-state index in [0.29, 0.717) is 0 Å². The summed E-state index contributed by atoms with van der Waals surface area (Å²) in [4.78, 5) is 2.70. The van der Waals surface area contributed by atoms with Crippen molar-refractivity contribution in [1.29, 1.82) is 0 Å². The normalized spacial score (nSPS) is 21.9. The molecule has 1 N–H and O–H groups in total. The SMILES string of the molecule is CCCCCCNCCN1CCCCC1CC. The summed E-state index contributed by atoms with van der Waals surface area (Å²) in [5.41, 5.74) is 0. The Morgan fingerprint density at radius 3 is 2.71 bits per heavy atom. The molecule has 0 aliphatic carbocycles. The van der Waals surface area contributed by atoms with Crippen LogP contribution in [0.1, 0.15) is 65.2 Å². The van der Waals surface area contributed by atoms with Gasteiger partial charge in [-0.25, -0.2) is 0 Å². The first-order valence-electron chi connectivity index (χ1n) is 7.83. The van der Waals surface area contributed by atoms with E-state index >= 15 is 0 Å². The standard InChI is InChI=1S/C15H32N2/c1-3-5-6-8-11-16-12-14-17-13-9-7-10-15(17)4-2/h15-16H,3-14H2,1-2H3. The highest BCUT2D eigenvalue weighted by Crippen LogP contribution is 2.18. The molecule has 1 unspecified atom stereocenters. The molecule has 1 aliphatic rings. The van der Waals surface area contributed by atoms with Crippen LogP contribution in [0, 0.1) is 0 Å². The van der Waals surface area contributed by atoms with Crippen LogP contribution in [0.15, 0.2) is 0 Å². The fraction of sp³-hybridized carbons (Fsp3) is 1.00. The van der Waals surface area contributed by atoms with E-state index in [0.717, 1.165) is 6.04 Å². The van der Waals surface area contributed by atoms with Gasteiger partial charge in [-0.1, -0.05) is 39.5 Å². The molecule has 1 aliphatic heterocycles. The Morgan fingerprint density at radius 1 is 1.06 bits per heavy atom.